The van der Waals surface area contributed by atoms with Gasteiger partial charge in [-0.2, -0.15) is 10.1 Å². The Bertz CT molecular complexity index is 728. The van der Waals surface area contributed by atoms with Crippen molar-refractivity contribution in [3.63, 3.8) is 0 Å². The molecule has 19 heavy (non-hydrogen) atoms. The molecule has 0 saturated carbocycles. The predicted molar refractivity (Wildman–Crippen MR) is 71.1 cm³/mol. The lowest BCUT2D eigenvalue weighted by atomic mass is 10.2. The minimum absolute atomic E-state index is 0.445. The highest BCUT2D eigenvalue weighted by Crippen LogP contribution is 2.23. The first-order valence-corrected chi connectivity index (χ1v) is 5.84. The van der Waals surface area contributed by atoms with Crippen molar-refractivity contribution in [2.75, 3.05) is 5.73 Å². The molecule has 0 radical (unpaired) electrons. The van der Waals surface area contributed by atoms with Crippen LogP contribution in [-0.4, -0.2) is 19.9 Å². The Morgan fingerprint density at radius 2 is 2.11 bits per heavy atom. The molecular weight excluding hydrogens is 242 g/mol. The van der Waals surface area contributed by atoms with Crippen LogP contribution in [0.5, 0.6) is 0 Å². The molecule has 2 N–H and O–H groups in total. The van der Waals surface area contributed by atoms with E-state index in [4.69, 9.17) is 10.3 Å². The van der Waals surface area contributed by atoms with E-state index in [0.29, 0.717) is 17.4 Å². The van der Waals surface area contributed by atoms with Gasteiger partial charge in [0.15, 0.2) is 0 Å². The Balaban J connectivity index is 2.02. The van der Waals surface area contributed by atoms with Crippen molar-refractivity contribution in [3.8, 4) is 23.0 Å². The van der Waals surface area contributed by atoms with Gasteiger partial charge in [-0.25, -0.2) is 0 Å². The van der Waals surface area contributed by atoms with Gasteiger partial charge in [-0.15, -0.1) is 0 Å². The van der Waals surface area contributed by atoms with Gasteiger partial charge >= 0.3 is 0 Å². The highest BCUT2D eigenvalue weighted by Gasteiger charge is 2.14. The summed E-state index contributed by atoms with van der Waals surface area (Å²) >= 11 is 0. The predicted octanol–water partition coefficient (Wildman–Crippen LogP) is 2.03. The monoisotopic (exact) mass is 255 g/mol. The topological polar surface area (TPSA) is 82.8 Å². The fourth-order valence-electron chi connectivity index (χ4n) is 1.93. The third-order valence-corrected chi connectivity index (χ3v) is 2.79. The van der Waals surface area contributed by atoms with Gasteiger partial charge in [-0.1, -0.05) is 17.3 Å². The van der Waals surface area contributed by atoms with E-state index in [1.807, 2.05) is 44.3 Å². The lowest BCUT2D eigenvalue weighted by Gasteiger charge is -1.95. The summed E-state index contributed by atoms with van der Waals surface area (Å²) in [6.45, 7) is 1.92. The third-order valence-electron chi connectivity index (χ3n) is 2.79. The maximum atomic E-state index is 5.74. The summed E-state index contributed by atoms with van der Waals surface area (Å²) in [5, 5.41) is 8.22. The normalized spacial score (nSPS) is 10.8. The van der Waals surface area contributed by atoms with Crippen LogP contribution in [0.2, 0.25) is 0 Å². The molecule has 6 heteroatoms. The molecule has 0 unspecified atom stereocenters. The molecule has 0 aliphatic heterocycles. The molecule has 2 heterocycles. The average Bonchev–Trinajstić information content (AvgIpc) is 2.96. The Labute approximate surface area is 109 Å². The molecule has 0 spiro atoms. The summed E-state index contributed by atoms with van der Waals surface area (Å²) in [7, 11) is 1.84. The second-order valence-corrected chi connectivity index (χ2v) is 4.34. The maximum Gasteiger partial charge on any atom is 0.276 e. The van der Waals surface area contributed by atoms with Gasteiger partial charge in [0.25, 0.3) is 5.89 Å². The van der Waals surface area contributed by atoms with Crippen LogP contribution >= 0.6 is 0 Å². The molecule has 6 nitrogen and oxygen atoms in total. The molecule has 96 valence electrons. The summed E-state index contributed by atoms with van der Waals surface area (Å²) in [5.74, 6) is 0.960. The molecular formula is C13H13N5O. The first kappa shape index (κ1) is 11.5. The van der Waals surface area contributed by atoms with Crippen molar-refractivity contribution < 1.29 is 4.52 Å². The van der Waals surface area contributed by atoms with Gasteiger partial charge in [0.05, 0.1) is 5.69 Å². The van der Waals surface area contributed by atoms with Gasteiger partial charge < -0.3 is 10.3 Å². The highest BCUT2D eigenvalue weighted by molar-refractivity contribution is 5.62. The molecule has 0 saturated heterocycles. The Morgan fingerprint density at radius 3 is 2.79 bits per heavy atom. The summed E-state index contributed by atoms with van der Waals surface area (Å²) < 4.78 is 6.99. The molecule has 0 fully saturated rings. The van der Waals surface area contributed by atoms with Crippen LogP contribution in [-0.2, 0) is 7.05 Å². The smallest absolute Gasteiger partial charge is 0.276 e. The van der Waals surface area contributed by atoms with E-state index in [2.05, 4.69) is 15.2 Å². The van der Waals surface area contributed by atoms with Crippen molar-refractivity contribution in [1.29, 1.82) is 0 Å². The van der Waals surface area contributed by atoms with Crippen molar-refractivity contribution in [2.24, 2.45) is 7.05 Å². The number of nitrogens with two attached hydrogens (primary N) is 1. The molecule has 3 aromatic rings. The Morgan fingerprint density at radius 1 is 1.26 bits per heavy atom. The van der Waals surface area contributed by atoms with E-state index in [1.165, 1.54) is 0 Å². The molecule has 2 aromatic heterocycles. The van der Waals surface area contributed by atoms with E-state index < -0.39 is 0 Å². The van der Waals surface area contributed by atoms with Gasteiger partial charge in [0.2, 0.25) is 5.82 Å². The largest absolute Gasteiger partial charge is 0.399 e. The van der Waals surface area contributed by atoms with E-state index in [0.717, 1.165) is 17.0 Å². The zero-order valence-corrected chi connectivity index (χ0v) is 10.7. The number of aromatic nitrogens is 4. The van der Waals surface area contributed by atoms with Crippen molar-refractivity contribution >= 4 is 5.69 Å². The fraction of sp³-hybridized carbons (Fsp3) is 0.154. The second-order valence-electron chi connectivity index (χ2n) is 4.34. The van der Waals surface area contributed by atoms with Crippen LogP contribution in [0.25, 0.3) is 23.0 Å². The number of benzene rings is 1. The van der Waals surface area contributed by atoms with E-state index in [-0.39, 0.29) is 0 Å². The number of nitrogens with zero attached hydrogens (tertiary/aromatic N) is 4. The molecule has 0 atom stereocenters. The molecule has 0 amide bonds. The first-order valence-electron chi connectivity index (χ1n) is 5.84. The van der Waals surface area contributed by atoms with Crippen LogP contribution in [0.3, 0.4) is 0 Å². The number of nitrogen functional groups attached to an aromatic ring is 1. The van der Waals surface area contributed by atoms with E-state index in [9.17, 15) is 0 Å². The summed E-state index contributed by atoms with van der Waals surface area (Å²) in [5.41, 5.74) is 8.93. The summed E-state index contributed by atoms with van der Waals surface area (Å²) in [6, 6.07) is 9.27. The van der Waals surface area contributed by atoms with Gasteiger partial charge in [0.1, 0.15) is 5.69 Å². The zero-order valence-electron chi connectivity index (χ0n) is 10.7. The van der Waals surface area contributed by atoms with Crippen LogP contribution in [0.15, 0.2) is 34.9 Å². The van der Waals surface area contributed by atoms with Crippen LogP contribution in [0.4, 0.5) is 5.69 Å². The lowest BCUT2D eigenvalue weighted by Crippen LogP contribution is -1.93. The van der Waals surface area contributed by atoms with Gasteiger partial charge in [-0.3, -0.25) is 4.68 Å². The minimum Gasteiger partial charge on any atom is -0.399 e. The van der Waals surface area contributed by atoms with Crippen molar-refractivity contribution in [1.82, 2.24) is 19.9 Å². The number of rotatable bonds is 2. The summed E-state index contributed by atoms with van der Waals surface area (Å²) in [6.07, 6.45) is 0. The molecule has 0 aliphatic carbocycles. The maximum absolute atomic E-state index is 5.74. The molecule has 1 aromatic carbocycles. The quantitative estimate of drug-likeness (QED) is 0.708. The SMILES string of the molecule is Cc1cc(-c2nc(-c3cccc(N)c3)no2)n(C)n1. The number of hydrogen-bond donors (Lipinski definition) is 1. The average molecular weight is 255 g/mol. The molecule has 3 rings (SSSR count). The van der Waals surface area contributed by atoms with Gasteiger partial charge in [-0.05, 0) is 25.1 Å². The second kappa shape index (κ2) is 4.24. The Hall–Kier alpha value is -2.63. The van der Waals surface area contributed by atoms with Crippen molar-refractivity contribution in [3.05, 3.63) is 36.0 Å². The fourth-order valence-corrected chi connectivity index (χ4v) is 1.93. The van der Waals surface area contributed by atoms with Crippen LogP contribution < -0.4 is 5.73 Å². The zero-order chi connectivity index (χ0) is 13.4. The minimum atomic E-state index is 0.445. The molecule has 0 bridgehead atoms. The summed E-state index contributed by atoms with van der Waals surface area (Å²) in [4.78, 5) is 4.37. The van der Waals surface area contributed by atoms with Crippen LogP contribution in [0, 0.1) is 6.92 Å². The van der Waals surface area contributed by atoms with E-state index >= 15 is 0 Å². The van der Waals surface area contributed by atoms with E-state index in [1.54, 1.807) is 4.68 Å². The van der Waals surface area contributed by atoms with Crippen LogP contribution in [0.1, 0.15) is 5.69 Å². The Kier molecular flexibility index (Phi) is 2.56. The number of anilines is 1. The highest BCUT2D eigenvalue weighted by atomic mass is 16.5. The number of hydrogen-bond acceptors (Lipinski definition) is 5. The molecule has 0 aliphatic rings. The first-order chi connectivity index (χ1) is 9.13. The van der Waals surface area contributed by atoms with Crippen molar-refractivity contribution in [2.45, 2.75) is 6.92 Å². The lowest BCUT2D eigenvalue weighted by molar-refractivity contribution is 0.428. The third kappa shape index (κ3) is 2.08. The number of aryl methyl sites for hydroxylation is 2. The standard InChI is InChI=1S/C13H13N5O/c1-8-6-11(18(2)16-8)13-15-12(17-19-13)9-4-3-5-10(14)7-9/h3-7H,14H2,1-2H3. The van der Waals surface area contributed by atoms with Gasteiger partial charge in [0, 0.05) is 18.3 Å².